The minimum Gasteiger partial charge on any atom is -0.465 e. The van der Waals surface area contributed by atoms with Crippen LogP contribution in [-0.2, 0) is 10.6 Å². The highest BCUT2D eigenvalue weighted by Crippen LogP contribution is 2.23. The van der Waals surface area contributed by atoms with Gasteiger partial charge in [0, 0.05) is 11.8 Å². The minimum absolute atomic E-state index is 0.0772. The first-order chi connectivity index (χ1) is 8.30. The Morgan fingerprint density at radius 3 is 2.56 bits per heavy atom. The lowest BCUT2D eigenvalue weighted by molar-refractivity contribution is -0.276. The Labute approximate surface area is 103 Å². The van der Waals surface area contributed by atoms with E-state index in [1.807, 2.05) is 4.98 Å². The summed E-state index contributed by atoms with van der Waals surface area (Å²) in [6, 6.07) is 0. The number of alkyl halides is 4. The summed E-state index contributed by atoms with van der Waals surface area (Å²) in [6.45, 7) is 0. The zero-order valence-electron chi connectivity index (χ0n) is 8.93. The fraction of sp³-hybridized carbons (Fsp3) is 0.333. The van der Waals surface area contributed by atoms with E-state index < -0.39 is 29.2 Å². The molecule has 100 valence electrons. The number of aromatic nitrogens is 1. The van der Waals surface area contributed by atoms with E-state index in [1.54, 1.807) is 0 Å². The molecule has 0 saturated carbocycles. The molecule has 0 fully saturated rings. The fourth-order valence-corrected chi connectivity index (χ4v) is 1.34. The summed E-state index contributed by atoms with van der Waals surface area (Å²) in [4.78, 5) is 25.0. The van der Waals surface area contributed by atoms with E-state index in [2.05, 4.69) is 9.47 Å². The fourth-order valence-electron chi connectivity index (χ4n) is 1.14. The molecule has 0 aromatic carbocycles. The number of hydrogen-bond acceptors (Lipinski definition) is 4. The number of rotatable bonds is 3. The van der Waals surface area contributed by atoms with Gasteiger partial charge in [-0.3, -0.25) is 4.79 Å². The third-order valence-electron chi connectivity index (χ3n) is 1.87. The molecule has 1 rings (SSSR count). The van der Waals surface area contributed by atoms with Crippen molar-refractivity contribution in [2.45, 2.75) is 12.2 Å². The standard InChI is InChI=1S/C9H7ClF3NO4/c1-17-8(16)5-6(15)4(2-10)3-14-7(5)18-9(11,12)13/h3H,2H2,1H3,(H,14,15). The number of carbonyl (C=O) groups excluding carboxylic acids is 1. The Kier molecular flexibility index (Phi) is 4.23. The number of hydrogen-bond donors (Lipinski definition) is 1. The van der Waals surface area contributed by atoms with Crippen LogP contribution in [0.4, 0.5) is 13.2 Å². The van der Waals surface area contributed by atoms with Crippen LogP contribution in [0.5, 0.6) is 5.88 Å². The molecule has 0 atom stereocenters. The highest BCUT2D eigenvalue weighted by molar-refractivity contribution is 6.17. The second kappa shape index (κ2) is 5.30. The number of methoxy groups -OCH3 is 1. The summed E-state index contributed by atoms with van der Waals surface area (Å²) in [6.07, 6.45) is -4.11. The molecule has 0 unspecified atom stereocenters. The van der Waals surface area contributed by atoms with E-state index in [1.165, 1.54) is 0 Å². The summed E-state index contributed by atoms with van der Waals surface area (Å²) >= 11 is 5.40. The topological polar surface area (TPSA) is 68.4 Å². The summed E-state index contributed by atoms with van der Waals surface area (Å²) in [5.74, 6) is -2.55. The second-order valence-corrected chi connectivity index (χ2v) is 3.29. The first-order valence-corrected chi connectivity index (χ1v) is 4.98. The molecule has 9 heteroatoms. The van der Waals surface area contributed by atoms with Crippen LogP contribution >= 0.6 is 11.6 Å². The molecule has 1 aromatic heterocycles. The molecule has 0 aliphatic carbocycles. The molecular weight excluding hydrogens is 279 g/mol. The maximum atomic E-state index is 12.1. The van der Waals surface area contributed by atoms with Crippen molar-refractivity contribution in [3.05, 3.63) is 27.5 Å². The van der Waals surface area contributed by atoms with Gasteiger partial charge in [0.2, 0.25) is 11.3 Å². The predicted molar refractivity (Wildman–Crippen MR) is 54.6 cm³/mol. The number of ether oxygens (including phenoxy) is 2. The quantitative estimate of drug-likeness (QED) is 0.679. The molecule has 1 N–H and O–H groups in total. The van der Waals surface area contributed by atoms with Crippen molar-refractivity contribution in [1.82, 2.24) is 4.98 Å². The van der Waals surface area contributed by atoms with Crippen molar-refractivity contribution in [3.8, 4) is 5.88 Å². The van der Waals surface area contributed by atoms with Gasteiger partial charge in [0.05, 0.1) is 13.0 Å². The van der Waals surface area contributed by atoms with Gasteiger partial charge in [0.25, 0.3) is 0 Å². The van der Waals surface area contributed by atoms with Crippen molar-refractivity contribution in [3.63, 3.8) is 0 Å². The Hall–Kier alpha value is -1.70. The summed E-state index contributed by atoms with van der Waals surface area (Å²) < 4.78 is 44.0. The van der Waals surface area contributed by atoms with Crippen molar-refractivity contribution in [1.29, 1.82) is 0 Å². The summed E-state index contributed by atoms with van der Waals surface area (Å²) in [5.41, 5.74) is -1.94. The molecule has 1 aromatic rings. The van der Waals surface area contributed by atoms with Gasteiger partial charge in [0.15, 0.2) is 5.56 Å². The molecule has 0 spiro atoms. The molecule has 0 amide bonds. The monoisotopic (exact) mass is 285 g/mol. The molecule has 0 bridgehead atoms. The van der Waals surface area contributed by atoms with Gasteiger partial charge in [-0.25, -0.2) is 4.79 Å². The number of halogens is 4. The van der Waals surface area contributed by atoms with Gasteiger partial charge in [-0.05, 0) is 0 Å². The molecule has 0 saturated heterocycles. The van der Waals surface area contributed by atoms with Crippen LogP contribution in [0.1, 0.15) is 15.9 Å². The lowest BCUT2D eigenvalue weighted by Gasteiger charge is -2.12. The van der Waals surface area contributed by atoms with Crippen molar-refractivity contribution < 1.29 is 27.4 Å². The van der Waals surface area contributed by atoms with Crippen molar-refractivity contribution in [2.24, 2.45) is 0 Å². The van der Waals surface area contributed by atoms with E-state index in [9.17, 15) is 22.8 Å². The van der Waals surface area contributed by atoms with Crippen LogP contribution in [0.2, 0.25) is 0 Å². The second-order valence-electron chi connectivity index (χ2n) is 3.02. The highest BCUT2D eigenvalue weighted by atomic mass is 35.5. The zero-order valence-corrected chi connectivity index (χ0v) is 9.69. The summed E-state index contributed by atoms with van der Waals surface area (Å²) in [5, 5.41) is 0. The van der Waals surface area contributed by atoms with Crippen LogP contribution in [0.25, 0.3) is 0 Å². The van der Waals surface area contributed by atoms with Crippen LogP contribution in [0, 0.1) is 0 Å². The number of nitrogens with one attached hydrogen (secondary N) is 1. The highest BCUT2D eigenvalue weighted by Gasteiger charge is 2.34. The number of pyridine rings is 1. The van der Waals surface area contributed by atoms with Gasteiger partial charge in [-0.1, -0.05) is 0 Å². The average molecular weight is 286 g/mol. The third kappa shape index (κ3) is 3.16. The molecule has 0 radical (unpaired) electrons. The molecule has 0 aliphatic rings. The van der Waals surface area contributed by atoms with E-state index in [0.29, 0.717) is 0 Å². The smallest absolute Gasteiger partial charge is 0.465 e. The van der Waals surface area contributed by atoms with Gasteiger partial charge in [0.1, 0.15) is 0 Å². The van der Waals surface area contributed by atoms with E-state index >= 15 is 0 Å². The third-order valence-corrected chi connectivity index (χ3v) is 2.16. The SMILES string of the molecule is COC(=O)c1c(OC(F)(F)F)[nH]cc(CCl)c1=O. The largest absolute Gasteiger partial charge is 0.574 e. The Morgan fingerprint density at radius 1 is 1.50 bits per heavy atom. The van der Waals surface area contributed by atoms with E-state index in [0.717, 1.165) is 13.3 Å². The lowest BCUT2D eigenvalue weighted by Crippen LogP contribution is -2.26. The van der Waals surface area contributed by atoms with E-state index in [-0.39, 0.29) is 11.4 Å². The Bertz CT molecular complexity index is 512. The molecule has 0 aliphatic heterocycles. The van der Waals surface area contributed by atoms with Crippen LogP contribution < -0.4 is 10.2 Å². The number of aromatic amines is 1. The Morgan fingerprint density at radius 2 is 2.11 bits per heavy atom. The van der Waals surface area contributed by atoms with Crippen molar-refractivity contribution >= 4 is 17.6 Å². The van der Waals surface area contributed by atoms with Crippen molar-refractivity contribution in [2.75, 3.05) is 7.11 Å². The molecule has 18 heavy (non-hydrogen) atoms. The first-order valence-electron chi connectivity index (χ1n) is 4.44. The maximum Gasteiger partial charge on any atom is 0.574 e. The maximum absolute atomic E-state index is 12.1. The van der Waals surface area contributed by atoms with Crippen LogP contribution in [-0.4, -0.2) is 24.4 Å². The van der Waals surface area contributed by atoms with Gasteiger partial charge < -0.3 is 14.5 Å². The van der Waals surface area contributed by atoms with Crippen LogP contribution in [0.3, 0.4) is 0 Å². The predicted octanol–water partition coefficient (Wildman–Crippen LogP) is 1.80. The minimum atomic E-state index is -5.05. The van der Waals surface area contributed by atoms with Gasteiger partial charge in [-0.2, -0.15) is 0 Å². The van der Waals surface area contributed by atoms with E-state index in [4.69, 9.17) is 11.6 Å². The molecular formula is C9H7ClF3NO4. The Balaban J connectivity index is 3.39. The van der Waals surface area contributed by atoms with Gasteiger partial charge in [-0.15, -0.1) is 24.8 Å². The normalized spacial score (nSPS) is 11.2. The average Bonchev–Trinajstić information content (AvgIpc) is 2.26. The van der Waals surface area contributed by atoms with Gasteiger partial charge >= 0.3 is 12.3 Å². The molecule has 1 heterocycles. The number of carbonyl (C=O) groups is 1. The first kappa shape index (κ1) is 14.4. The summed E-state index contributed by atoms with van der Waals surface area (Å²) in [7, 11) is 0.923. The van der Waals surface area contributed by atoms with Crippen LogP contribution in [0.15, 0.2) is 11.0 Å². The molecule has 5 nitrogen and oxygen atoms in total. The zero-order chi connectivity index (χ0) is 13.9. The number of esters is 1. The number of H-pyrrole nitrogens is 1. The lowest BCUT2D eigenvalue weighted by atomic mass is 10.2.